The van der Waals surface area contributed by atoms with Crippen molar-refractivity contribution >= 4 is 0 Å². The van der Waals surface area contributed by atoms with Crippen LogP contribution in [0.4, 0.5) is 0 Å². The molecule has 0 aromatic carbocycles. The number of ether oxygens (including phenoxy) is 5. The van der Waals surface area contributed by atoms with Gasteiger partial charge < -0.3 is 33.9 Å². The van der Waals surface area contributed by atoms with Gasteiger partial charge in [0.2, 0.25) is 0 Å². The average Bonchev–Trinajstić information content (AvgIpc) is 3.29. The first-order chi connectivity index (χ1) is 22.3. The van der Waals surface area contributed by atoms with Crippen molar-refractivity contribution in [3.63, 3.8) is 0 Å². The fourth-order valence-electron chi connectivity index (χ4n) is 14.2. The Morgan fingerprint density at radius 3 is 2.57 bits per heavy atom. The van der Waals surface area contributed by atoms with Crippen LogP contribution >= 0.6 is 0 Å². The zero-order chi connectivity index (χ0) is 33.1. The molecule has 266 valence electrons. The highest BCUT2D eigenvalue weighted by atomic mass is 16.7. The second-order valence-electron chi connectivity index (χ2n) is 18.3. The van der Waals surface area contributed by atoms with Crippen LogP contribution in [0.5, 0.6) is 0 Å². The first-order valence-corrected chi connectivity index (χ1v) is 19.2. The monoisotopic (exact) mass is 657 g/mol. The number of fused-ring (bicyclic) bond motifs is 4. The van der Waals surface area contributed by atoms with Crippen molar-refractivity contribution < 1.29 is 33.9 Å². The van der Waals surface area contributed by atoms with Crippen LogP contribution in [-0.2, 0) is 23.7 Å². The smallest absolute Gasteiger partial charge is 0.171 e. The van der Waals surface area contributed by atoms with Gasteiger partial charge in [-0.1, -0.05) is 26.8 Å². The molecule has 3 saturated heterocycles. The van der Waals surface area contributed by atoms with Crippen molar-refractivity contribution in [1.29, 1.82) is 0 Å². The zero-order valence-corrected chi connectivity index (χ0v) is 30.2. The van der Waals surface area contributed by atoms with Crippen molar-refractivity contribution in [3.05, 3.63) is 11.6 Å². The molecule has 1 unspecified atom stereocenters. The summed E-state index contributed by atoms with van der Waals surface area (Å²) in [7, 11) is 1.67. The largest absolute Gasteiger partial charge is 0.390 e. The fraction of sp³-hybridized carbons (Fsp3) is 0.949. The van der Waals surface area contributed by atoms with Crippen LogP contribution in [0.15, 0.2) is 11.6 Å². The average molecular weight is 658 g/mol. The minimum Gasteiger partial charge on any atom is -0.390 e. The van der Waals surface area contributed by atoms with Crippen LogP contribution in [0.3, 0.4) is 0 Å². The third kappa shape index (κ3) is 4.60. The number of aliphatic hydroxyl groups excluding tert-OH is 1. The summed E-state index contributed by atoms with van der Waals surface area (Å²) in [5, 5.41) is 23.5. The predicted molar refractivity (Wildman–Crippen MR) is 179 cm³/mol. The summed E-state index contributed by atoms with van der Waals surface area (Å²) in [6, 6.07) is 0.498. The van der Waals surface area contributed by atoms with E-state index >= 15 is 0 Å². The molecule has 5 saturated carbocycles. The van der Waals surface area contributed by atoms with Gasteiger partial charge in [-0.15, -0.1) is 0 Å². The molecule has 8 nitrogen and oxygen atoms in total. The van der Waals surface area contributed by atoms with Crippen molar-refractivity contribution in [2.24, 2.45) is 45.3 Å². The highest BCUT2D eigenvalue weighted by Gasteiger charge is 2.84. The highest BCUT2D eigenvalue weighted by Crippen LogP contribution is 2.88. The third-order valence-corrected chi connectivity index (χ3v) is 16.2. The van der Waals surface area contributed by atoms with Gasteiger partial charge in [0.25, 0.3) is 0 Å². The number of hydrogen-bond acceptors (Lipinski definition) is 8. The molecule has 2 spiro atoms. The summed E-state index contributed by atoms with van der Waals surface area (Å²) < 4.78 is 31.5. The van der Waals surface area contributed by atoms with Crippen LogP contribution < -0.4 is 0 Å². The van der Waals surface area contributed by atoms with Gasteiger partial charge in [-0.25, -0.2) is 0 Å². The van der Waals surface area contributed by atoms with E-state index in [0.717, 1.165) is 65.0 Å². The first-order valence-electron chi connectivity index (χ1n) is 19.2. The summed E-state index contributed by atoms with van der Waals surface area (Å²) in [5.74, 6) is 1.75. The standard InChI is InChI=1S/C39H63NO7/c1-8-25-26-9-10-29-37(6)33(41)32-31(23(2)19-28(47-32)34(43-7)35(3,4)42)36(37,5)14-15-39(29)22-38(26,39)13-11-27(25)46-30-20-40(16-18-45-30)24-12-17-44-21-24/h8,23-24,26-34,41-42H,9-22H2,1-7H3/b25-8+/t23-,24?,26+,27+,28-,29+,30+,31+,32+,33+,34+,36-,37-,38-,39+/m1/s1. The van der Waals surface area contributed by atoms with Gasteiger partial charge in [-0.2, -0.15) is 0 Å². The summed E-state index contributed by atoms with van der Waals surface area (Å²) in [6.45, 7) is 17.4. The van der Waals surface area contributed by atoms with Gasteiger partial charge in [0.1, 0.15) is 6.10 Å². The molecule has 0 radical (unpaired) electrons. The SMILES string of the molecule is C/C=C1/[C@@H](O[C@H]2CN(C3CCOC3)CCO2)CC[C@]23C[C@]24CC[C@]2(C)[C@@H]5[C@H](O[C@@H]([C@H](OC)C(C)(C)O)C[C@H]5C)[C@H](O)[C@@]2(C)[C@@H]4CC[C@@H]13. The maximum atomic E-state index is 12.5. The molecule has 8 fully saturated rings. The summed E-state index contributed by atoms with van der Waals surface area (Å²) in [6.07, 6.45) is 11.3. The van der Waals surface area contributed by atoms with Crippen molar-refractivity contribution in [1.82, 2.24) is 4.90 Å². The Balaban J connectivity index is 1.02. The minimum absolute atomic E-state index is 0.0175. The van der Waals surface area contributed by atoms with Crippen LogP contribution in [0, 0.1) is 45.3 Å². The zero-order valence-electron chi connectivity index (χ0n) is 30.2. The molecular formula is C39H63NO7. The fourth-order valence-corrected chi connectivity index (χ4v) is 14.2. The van der Waals surface area contributed by atoms with E-state index in [2.05, 4.69) is 38.7 Å². The number of morpholine rings is 1. The number of rotatable bonds is 6. The van der Waals surface area contributed by atoms with E-state index in [4.69, 9.17) is 23.7 Å². The lowest BCUT2D eigenvalue weighted by Crippen LogP contribution is -2.58. The van der Waals surface area contributed by atoms with Gasteiger partial charge in [-0.3, -0.25) is 4.90 Å². The molecule has 8 heteroatoms. The Hall–Kier alpha value is -0.580. The predicted octanol–water partition coefficient (Wildman–Crippen LogP) is 5.34. The normalized spacial score (nSPS) is 54.3. The van der Waals surface area contributed by atoms with Crippen molar-refractivity contribution in [2.75, 3.05) is 40.0 Å². The Morgan fingerprint density at radius 1 is 1.06 bits per heavy atom. The highest BCUT2D eigenvalue weighted by molar-refractivity contribution is 5.37. The lowest BCUT2D eigenvalue weighted by atomic mass is 9.42. The van der Waals surface area contributed by atoms with E-state index in [1.807, 2.05) is 13.8 Å². The molecule has 47 heavy (non-hydrogen) atoms. The van der Waals surface area contributed by atoms with E-state index in [1.165, 1.54) is 31.3 Å². The maximum absolute atomic E-state index is 12.5. The quantitative estimate of drug-likeness (QED) is 0.371. The Kier molecular flexibility index (Phi) is 8.18. The van der Waals surface area contributed by atoms with E-state index in [0.29, 0.717) is 40.5 Å². The second-order valence-corrected chi connectivity index (χ2v) is 18.3. The summed E-state index contributed by atoms with van der Waals surface area (Å²) >= 11 is 0. The first kappa shape index (κ1) is 33.6. The number of methoxy groups -OCH3 is 1. The van der Waals surface area contributed by atoms with Gasteiger partial charge in [0, 0.05) is 31.7 Å². The molecule has 0 amide bonds. The topological polar surface area (TPSA) is 89.9 Å². The van der Waals surface area contributed by atoms with Crippen molar-refractivity contribution in [2.45, 2.75) is 148 Å². The van der Waals surface area contributed by atoms with Crippen LogP contribution in [0.2, 0.25) is 0 Å². The number of nitrogens with zero attached hydrogens (tertiary/aromatic N) is 1. The lowest BCUT2D eigenvalue weighted by Gasteiger charge is -2.62. The van der Waals surface area contributed by atoms with Crippen LogP contribution in [-0.4, -0.2) is 104 Å². The molecule has 8 rings (SSSR count). The van der Waals surface area contributed by atoms with Gasteiger partial charge in [0.05, 0.1) is 49.8 Å². The van der Waals surface area contributed by atoms with Gasteiger partial charge in [-0.05, 0) is 124 Å². The molecule has 8 aliphatic rings. The molecule has 3 aliphatic heterocycles. The number of hydrogen-bond donors (Lipinski definition) is 2. The minimum atomic E-state index is -1.01. The summed E-state index contributed by atoms with van der Waals surface area (Å²) in [5.41, 5.74) is 0.939. The third-order valence-electron chi connectivity index (χ3n) is 16.2. The Bertz CT molecular complexity index is 1230. The van der Waals surface area contributed by atoms with Crippen LogP contribution in [0.1, 0.15) is 99.3 Å². The van der Waals surface area contributed by atoms with Crippen LogP contribution in [0.25, 0.3) is 0 Å². The Labute approximate surface area is 283 Å². The lowest BCUT2D eigenvalue weighted by molar-refractivity contribution is -0.210. The molecular weight excluding hydrogens is 594 g/mol. The van der Waals surface area contributed by atoms with Crippen molar-refractivity contribution in [3.8, 4) is 0 Å². The second kappa shape index (κ2) is 11.5. The number of aliphatic hydroxyl groups is 2. The molecule has 5 aliphatic carbocycles. The van der Waals surface area contributed by atoms with Gasteiger partial charge in [0.15, 0.2) is 6.29 Å². The Morgan fingerprint density at radius 2 is 1.87 bits per heavy atom. The molecule has 0 aromatic rings. The number of allylic oxidation sites excluding steroid dienone is 1. The van der Waals surface area contributed by atoms with Gasteiger partial charge >= 0.3 is 0 Å². The van der Waals surface area contributed by atoms with E-state index < -0.39 is 17.8 Å². The van der Waals surface area contributed by atoms with E-state index in [9.17, 15) is 10.2 Å². The maximum Gasteiger partial charge on any atom is 0.171 e. The molecule has 0 aromatic heterocycles. The molecule has 15 atom stereocenters. The molecule has 2 N–H and O–H groups in total. The summed E-state index contributed by atoms with van der Waals surface area (Å²) in [4.78, 5) is 2.53. The molecule has 0 bridgehead atoms. The van der Waals surface area contributed by atoms with E-state index in [1.54, 1.807) is 7.11 Å². The molecule has 3 heterocycles. The van der Waals surface area contributed by atoms with E-state index in [-0.39, 0.29) is 35.4 Å².